The molecule has 0 saturated carbocycles. The first-order valence-corrected chi connectivity index (χ1v) is 9.88. The van der Waals surface area contributed by atoms with E-state index in [9.17, 15) is 14.4 Å². The maximum absolute atomic E-state index is 12.7. The molecule has 1 aliphatic rings. The van der Waals surface area contributed by atoms with E-state index in [1.54, 1.807) is 6.92 Å². The lowest BCUT2D eigenvalue weighted by Gasteiger charge is -2.17. The van der Waals surface area contributed by atoms with Crippen molar-refractivity contribution in [2.75, 3.05) is 25.0 Å². The number of aromatic nitrogens is 1. The van der Waals surface area contributed by atoms with Crippen molar-refractivity contribution in [3.05, 3.63) is 45.2 Å². The average Bonchev–Trinajstić information content (AvgIpc) is 3.31. The second kappa shape index (κ2) is 10.7. The molecule has 3 rings (SSSR count). The van der Waals surface area contributed by atoms with Crippen molar-refractivity contribution in [1.82, 2.24) is 15.6 Å². The van der Waals surface area contributed by atoms with Gasteiger partial charge in [-0.1, -0.05) is 23.2 Å². The van der Waals surface area contributed by atoms with Crippen LogP contribution in [0.15, 0.2) is 18.2 Å². The molecule has 1 aliphatic heterocycles. The van der Waals surface area contributed by atoms with Gasteiger partial charge in [0.25, 0.3) is 11.8 Å². The van der Waals surface area contributed by atoms with Gasteiger partial charge in [0.1, 0.15) is 24.1 Å². The van der Waals surface area contributed by atoms with Crippen LogP contribution in [0.5, 0.6) is 5.75 Å². The highest BCUT2D eigenvalue weighted by molar-refractivity contribution is 6.44. The zero-order chi connectivity index (χ0) is 21.8. The summed E-state index contributed by atoms with van der Waals surface area (Å²) < 4.78 is 5.98. The fraction of sp³-hybridized carbons (Fsp3) is 0.316. The summed E-state index contributed by atoms with van der Waals surface area (Å²) in [7, 11) is 0. The molecule has 1 fully saturated rings. The lowest BCUT2D eigenvalue weighted by molar-refractivity contribution is -0.135. The van der Waals surface area contributed by atoms with Gasteiger partial charge in [-0.3, -0.25) is 14.4 Å². The second-order valence-corrected chi connectivity index (χ2v) is 7.48. The predicted octanol–water partition coefficient (Wildman–Crippen LogP) is 2.86. The number of aromatic amines is 1. The number of aryl methyl sites for hydroxylation is 1. The Bertz CT molecular complexity index is 989. The molecular formula is C19H21Cl3N4O5. The molecule has 5 N–H and O–H groups in total. The van der Waals surface area contributed by atoms with E-state index in [4.69, 9.17) is 33.0 Å². The highest BCUT2D eigenvalue weighted by atomic mass is 35.5. The van der Waals surface area contributed by atoms with E-state index in [0.29, 0.717) is 17.9 Å². The summed E-state index contributed by atoms with van der Waals surface area (Å²) in [4.78, 5) is 38.4. The Hall–Kier alpha value is -2.46. The first-order chi connectivity index (χ1) is 14.3. The number of amides is 2. The highest BCUT2D eigenvalue weighted by Gasteiger charge is 2.22. The number of H-pyrrole nitrogens is 1. The van der Waals surface area contributed by atoms with Crippen molar-refractivity contribution < 1.29 is 24.2 Å². The molecule has 31 heavy (non-hydrogen) atoms. The number of ether oxygens (including phenoxy) is 1. The minimum Gasteiger partial charge on any atom is -0.487 e. The number of carbonyl (C=O) groups excluding carboxylic acids is 2. The fourth-order valence-electron chi connectivity index (χ4n) is 2.94. The van der Waals surface area contributed by atoms with Crippen LogP contribution in [-0.2, 0) is 4.79 Å². The van der Waals surface area contributed by atoms with Crippen LogP contribution in [0.25, 0.3) is 0 Å². The molecule has 0 bridgehead atoms. The van der Waals surface area contributed by atoms with E-state index in [-0.39, 0.29) is 45.6 Å². The molecule has 12 heteroatoms. The number of carbonyl (C=O) groups is 3. The number of hydrogen-bond donors (Lipinski definition) is 5. The Labute approximate surface area is 194 Å². The van der Waals surface area contributed by atoms with Gasteiger partial charge in [-0.25, -0.2) is 0 Å². The molecule has 0 spiro atoms. The summed E-state index contributed by atoms with van der Waals surface area (Å²) in [5.41, 5.74) is 1.20. The number of benzene rings is 1. The van der Waals surface area contributed by atoms with Gasteiger partial charge in [-0.15, -0.1) is 12.4 Å². The Kier molecular flexibility index (Phi) is 8.58. The predicted molar refractivity (Wildman–Crippen MR) is 119 cm³/mol. The zero-order valence-corrected chi connectivity index (χ0v) is 18.7. The molecule has 0 radical (unpaired) electrons. The summed E-state index contributed by atoms with van der Waals surface area (Å²) in [6, 6.07) is 4.43. The molecule has 2 amide bonds. The molecule has 9 nitrogen and oxygen atoms in total. The van der Waals surface area contributed by atoms with Crippen LogP contribution in [-0.4, -0.2) is 53.6 Å². The van der Waals surface area contributed by atoms with E-state index in [0.717, 1.165) is 13.0 Å². The van der Waals surface area contributed by atoms with Crippen molar-refractivity contribution in [2.45, 2.75) is 19.4 Å². The van der Waals surface area contributed by atoms with Crippen molar-refractivity contribution in [3.63, 3.8) is 0 Å². The molecule has 1 aromatic heterocycles. The maximum atomic E-state index is 12.7. The molecule has 168 valence electrons. The van der Waals surface area contributed by atoms with Crippen molar-refractivity contribution >= 4 is 59.1 Å². The van der Waals surface area contributed by atoms with Crippen molar-refractivity contribution in [1.29, 1.82) is 0 Å². The van der Waals surface area contributed by atoms with Gasteiger partial charge in [-0.05, 0) is 38.1 Å². The summed E-state index contributed by atoms with van der Waals surface area (Å²) in [5, 5.41) is 17.3. The van der Waals surface area contributed by atoms with Crippen LogP contribution in [0.3, 0.4) is 0 Å². The number of rotatable bonds is 7. The van der Waals surface area contributed by atoms with Crippen LogP contribution < -0.4 is 20.7 Å². The van der Waals surface area contributed by atoms with Crippen LogP contribution in [0, 0.1) is 6.92 Å². The summed E-state index contributed by atoms with van der Waals surface area (Å²) in [5.74, 6) is -1.96. The molecule has 0 unspecified atom stereocenters. The highest BCUT2D eigenvalue weighted by Crippen LogP contribution is 2.32. The third-order valence-corrected chi connectivity index (χ3v) is 5.43. The normalized spacial score (nSPS) is 15.1. The van der Waals surface area contributed by atoms with Crippen molar-refractivity contribution in [3.8, 4) is 5.75 Å². The van der Waals surface area contributed by atoms with Crippen LogP contribution in [0.1, 0.15) is 33.0 Å². The Morgan fingerprint density at radius 2 is 1.97 bits per heavy atom. The summed E-state index contributed by atoms with van der Waals surface area (Å²) >= 11 is 12.2. The number of nitrogens with one attached hydrogen (secondary N) is 4. The largest absolute Gasteiger partial charge is 0.487 e. The lowest BCUT2D eigenvalue weighted by Crippen LogP contribution is -2.29. The number of halogens is 3. The molecule has 2 aromatic rings. The van der Waals surface area contributed by atoms with Crippen LogP contribution in [0.4, 0.5) is 5.69 Å². The lowest BCUT2D eigenvalue weighted by atomic mass is 10.1. The quantitative estimate of drug-likeness (QED) is 0.404. The first kappa shape index (κ1) is 24.8. The molecular weight excluding hydrogens is 471 g/mol. The monoisotopic (exact) mass is 490 g/mol. The second-order valence-electron chi connectivity index (χ2n) is 6.73. The van der Waals surface area contributed by atoms with E-state index in [2.05, 4.69) is 20.9 Å². The maximum Gasteiger partial charge on any atom is 0.322 e. The summed E-state index contributed by atoms with van der Waals surface area (Å²) in [6.07, 6.45) is 0.629. The van der Waals surface area contributed by atoms with E-state index < -0.39 is 24.3 Å². The van der Waals surface area contributed by atoms with Gasteiger partial charge in [0, 0.05) is 17.8 Å². The third-order valence-electron chi connectivity index (χ3n) is 4.48. The zero-order valence-electron chi connectivity index (χ0n) is 16.4. The first-order valence-electron chi connectivity index (χ1n) is 9.12. The van der Waals surface area contributed by atoms with E-state index >= 15 is 0 Å². The van der Waals surface area contributed by atoms with Crippen LogP contribution >= 0.6 is 35.6 Å². The minimum atomic E-state index is -1.16. The Morgan fingerprint density at radius 3 is 2.55 bits per heavy atom. The molecule has 2 heterocycles. The molecule has 1 saturated heterocycles. The van der Waals surface area contributed by atoms with Crippen molar-refractivity contribution in [2.24, 2.45) is 0 Å². The number of anilines is 1. The van der Waals surface area contributed by atoms with Gasteiger partial charge < -0.3 is 30.8 Å². The number of carboxylic acid groups (broad SMARTS) is 1. The molecule has 0 aliphatic carbocycles. The third kappa shape index (κ3) is 6.04. The van der Waals surface area contributed by atoms with Gasteiger partial charge in [0.2, 0.25) is 0 Å². The van der Waals surface area contributed by atoms with E-state index in [1.165, 1.54) is 18.2 Å². The Morgan fingerprint density at radius 1 is 1.23 bits per heavy atom. The number of aliphatic carboxylic acids is 1. The SMILES string of the molecule is Cc1[nH]c(C(=O)Nc2ccc(C(=O)NCC(=O)O)cc2O[C@H]2CCNC2)c(Cl)c1Cl.Cl. The molecule has 1 atom stereocenters. The van der Waals surface area contributed by atoms with Gasteiger partial charge in [0.15, 0.2) is 0 Å². The smallest absolute Gasteiger partial charge is 0.322 e. The van der Waals surface area contributed by atoms with E-state index in [1.807, 2.05) is 0 Å². The topological polar surface area (TPSA) is 133 Å². The minimum absolute atomic E-state index is 0. The van der Waals surface area contributed by atoms with Gasteiger partial charge >= 0.3 is 5.97 Å². The fourth-order valence-corrected chi connectivity index (χ4v) is 3.36. The average molecular weight is 492 g/mol. The number of carboxylic acids is 1. The van der Waals surface area contributed by atoms with Gasteiger partial charge in [-0.2, -0.15) is 0 Å². The standard InChI is InChI=1S/C19H20Cl2N4O5.ClH/c1-9-15(20)16(21)17(24-9)19(29)25-12-3-2-10(18(28)23-8-14(26)27)6-13(12)30-11-4-5-22-7-11;/h2-3,6,11,22,24H,4-5,7-8H2,1H3,(H,23,28)(H,25,29)(H,26,27);1H/t11-;/m0./s1. The summed E-state index contributed by atoms with van der Waals surface area (Å²) in [6.45, 7) is 2.60. The number of hydrogen-bond acceptors (Lipinski definition) is 5. The molecule has 1 aromatic carbocycles. The van der Waals surface area contributed by atoms with Gasteiger partial charge in [0.05, 0.1) is 15.7 Å². The van der Waals surface area contributed by atoms with Crippen LogP contribution in [0.2, 0.25) is 10.0 Å². The Balaban J connectivity index is 0.00000341.